The fraction of sp³-hybridized carbons (Fsp3) is 0.625. The van der Waals surface area contributed by atoms with Crippen LogP contribution in [0.5, 0.6) is 5.88 Å². The van der Waals surface area contributed by atoms with Crippen LogP contribution < -0.4 is 4.74 Å². The number of ether oxygens (including phenoxy) is 2. The fourth-order valence-electron chi connectivity index (χ4n) is 2.41. The van der Waals surface area contributed by atoms with Gasteiger partial charge in [0.15, 0.2) is 0 Å². The minimum Gasteiger partial charge on any atom is -0.481 e. The van der Waals surface area contributed by atoms with Crippen LogP contribution in [0, 0.1) is 0 Å². The minimum absolute atomic E-state index is 0.0588. The van der Waals surface area contributed by atoms with Gasteiger partial charge in [0, 0.05) is 18.3 Å². The standard InChI is InChI=1S/C16H24N2O3/c1-6-11-9-12(10-17-14(11)20-5)13-7-8-18(13)15(19)21-16(2,3)4/h9-10,13H,6-8H2,1-5H3/t13-/m0/s1. The third-order valence-electron chi connectivity index (χ3n) is 3.55. The van der Waals surface area contributed by atoms with Crippen molar-refractivity contribution in [3.05, 3.63) is 23.4 Å². The van der Waals surface area contributed by atoms with E-state index >= 15 is 0 Å². The number of hydrogen-bond acceptors (Lipinski definition) is 4. The molecule has 1 amide bonds. The zero-order chi connectivity index (χ0) is 15.6. The van der Waals surface area contributed by atoms with Crippen LogP contribution in [0.3, 0.4) is 0 Å². The number of aryl methyl sites for hydroxylation is 1. The molecule has 0 radical (unpaired) electrons. The number of methoxy groups -OCH3 is 1. The first kappa shape index (κ1) is 15.6. The lowest BCUT2D eigenvalue weighted by molar-refractivity contribution is -0.00581. The molecule has 1 saturated heterocycles. The number of carbonyl (C=O) groups is 1. The van der Waals surface area contributed by atoms with Crippen LogP contribution >= 0.6 is 0 Å². The summed E-state index contributed by atoms with van der Waals surface area (Å²) < 4.78 is 10.7. The number of carbonyl (C=O) groups excluding carboxylic acids is 1. The van der Waals surface area contributed by atoms with Gasteiger partial charge in [-0.1, -0.05) is 6.92 Å². The second-order valence-corrected chi connectivity index (χ2v) is 6.27. The van der Waals surface area contributed by atoms with Crippen molar-refractivity contribution >= 4 is 6.09 Å². The van der Waals surface area contributed by atoms with Gasteiger partial charge in [-0.2, -0.15) is 0 Å². The highest BCUT2D eigenvalue weighted by molar-refractivity contribution is 5.70. The monoisotopic (exact) mass is 292 g/mol. The van der Waals surface area contributed by atoms with Gasteiger partial charge in [0.1, 0.15) is 5.60 Å². The van der Waals surface area contributed by atoms with Crippen molar-refractivity contribution in [3.63, 3.8) is 0 Å². The lowest BCUT2D eigenvalue weighted by Gasteiger charge is -2.41. The van der Waals surface area contributed by atoms with Crippen molar-refractivity contribution in [2.45, 2.75) is 52.2 Å². The second-order valence-electron chi connectivity index (χ2n) is 6.27. The van der Waals surface area contributed by atoms with Gasteiger partial charge >= 0.3 is 6.09 Å². The van der Waals surface area contributed by atoms with Crippen molar-refractivity contribution < 1.29 is 14.3 Å². The summed E-state index contributed by atoms with van der Waals surface area (Å²) in [6, 6.07) is 2.14. The average molecular weight is 292 g/mol. The molecule has 5 nitrogen and oxygen atoms in total. The van der Waals surface area contributed by atoms with Crippen LogP contribution in [0.4, 0.5) is 4.79 Å². The van der Waals surface area contributed by atoms with E-state index in [9.17, 15) is 4.79 Å². The van der Waals surface area contributed by atoms with Crippen molar-refractivity contribution in [2.24, 2.45) is 0 Å². The molecule has 0 N–H and O–H groups in total. The van der Waals surface area contributed by atoms with Crippen LogP contribution in [0.2, 0.25) is 0 Å². The predicted molar refractivity (Wildman–Crippen MR) is 80.5 cm³/mol. The van der Waals surface area contributed by atoms with Crippen molar-refractivity contribution in [2.75, 3.05) is 13.7 Å². The van der Waals surface area contributed by atoms with Crippen LogP contribution in [0.25, 0.3) is 0 Å². The Balaban J connectivity index is 2.14. The van der Waals surface area contributed by atoms with E-state index in [1.54, 1.807) is 18.2 Å². The van der Waals surface area contributed by atoms with Gasteiger partial charge in [-0.15, -0.1) is 0 Å². The first-order valence-electron chi connectivity index (χ1n) is 7.38. The number of nitrogens with zero attached hydrogens (tertiary/aromatic N) is 2. The summed E-state index contributed by atoms with van der Waals surface area (Å²) in [4.78, 5) is 18.3. The molecule has 0 saturated carbocycles. The lowest BCUT2D eigenvalue weighted by atomic mass is 9.95. The third-order valence-corrected chi connectivity index (χ3v) is 3.55. The van der Waals surface area contributed by atoms with Crippen LogP contribution in [-0.2, 0) is 11.2 Å². The summed E-state index contributed by atoms with van der Waals surface area (Å²) in [6.07, 6.45) is 3.33. The molecular weight excluding hydrogens is 268 g/mol. The molecule has 0 spiro atoms. The normalized spacial score (nSPS) is 18.1. The number of amides is 1. The highest BCUT2D eigenvalue weighted by Crippen LogP contribution is 2.35. The topological polar surface area (TPSA) is 51.7 Å². The molecule has 0 aliphatic carbocycles. The molecule has 0 bridgehead atoms. The molecule has 2 rings (SSSR count). The number of likely N-dealkylation sites (tertiary alicyclic amines) is 1. The van der Waals surface area contributed by atoms with E-state index in [0.29, 0.717) is 5.88 Å². The molecule has 116 valence electrons. The van der Waals surface area contributed by atoms with Crippen LogP contribution in [0.1, 0.15) is 51.3 Å². The lowest BCUT2D eigenvalue weighted by Crippen LogP contribution is -2.47. The molecule has 1 aromatic rings. The van der Waals surface area contributed by atoms with Gasteiger partial charge < -0.3 is 14.4 Å². The highest BCUT2D eigenvalue weighted by Gasteiger charge is 2.36. The van der Waals surface area contributed by atoms with E-state index in [1.165, 1.54) is 0 Å². The van der Waals surface area contributed by atoms with E-state index in [-0.39, 0.29) is 12.1 Å². The number of aromatic nitrogens is 1. The number of hydrogen-bond donors (Lipinski definition) is 0. The van der Waals surface area contributed by atoms with Gasteiger partial charge in [-0.05, 0) is 45.2 Å². The molecule has 1 aromatic heterocycles. The summed E-state index contributed by atoms with van der Waals surface area (Å²) in [5.74, 6) is 0.657. The zero-order valence-electron chi connectivity index (χ0n) is 13.5. The van der Waals surface area contributed by atoms with Crippen molar-refractivity contribution in [3.8, 4) is 5.88 Å². The predicted octanol–water partition coefficient (Wildman–Crippen LogP) is 3.33. The Kier molecular flexibility index (Phi) is 4.40. The number of rotatable bonds is 3. The quantitative estimate of drug-likeness (QED) is 0.857. The number of pyridine rings is 1. The Bertz CT molecular complexity index is 523. The minimum atomic E-state index is -0.468. The molecule has 1 aliphatic rings. The maximum atomic E-state index is 12.2. The fourth-order valence-corrected chi connectivity index (χ4v) is 2.41. The Morgan fingerprint density at radius 3 is 2.67 bits per heavy atom. The Labute approximate surface area is 126 Å². The van der Waals surface area contributed by atoms with E-state index in [0.717, 1.165) is 30.5 Å². The summed E-state index contributed by atoms with van der Waals surface area (Å²) >= 11 is 0. The summed E-state index contributed by atoms with van der Waals surface area (Å²) in [6.45, 7) is 8.43. The first-order valence-corrected chi connectivity index (χ1v) is 7.38. The van der Waals surface area contributed by atoms with E-state index in [1.807, 2.05) is 20.8 Å². The average Bonchev–Trinajstić information content (AvgIpc) is 2.34. The molecule has 0 aromatic carbocycles. The molecule has 1 atom stereocenters. The van der Waals surface area contributed by atoms with Crippen molar-refractivity contribution in [1.82, 2.24) is 9.88 Å². The molecule has 1 aliphatic heterocycles. The SMILES string of the molecule is CCc1cc([C@@H]2CCN2C(=O)OC(C)(C)C)cnc1OC. The largest absolute Gasteiger partial charge is 0.481 e. The summed E-state index contributed by atoms with van der Waals surface area (Å²) in [5.41, 5.74) is 1.64. The van der Waals surface area contributed by atoms with Gasteiger partial charge in [-0.25, -0.2) is 9.78 Å². The van der Waals surface area contributed by atoms with Crippen LogP contribution in [-0.4, -0.2) is 35.2 Å². The van der Waals surface area contributed by atoms with Gasteiger partial charge in [0.05, 0.1) is 13.2 Å². The summed E-state index contributed by atoms with van der Waals surface area (Å²) in [7, 11) is 1.62. The van der Waals surface area contributed by atoms with Crippen molar-refractivity contribution in [1.29, 1.82) is 0 Å². The van der Waals surface area contributed by atoms with E-state index in [2.05, 4.69) is 18.0 Å². The maximum absolute atomic E-state index is 12.2. The molecule has 21 heavy (non-hydrogen) atoms. The molecule has 0 unspecified atom stereocenters. The molecule has 2 heterocycles. The second kappa shape index (κ2) is 5.92. The Morgan fingerprint density at radius 2 is 2.19 bits per heavy atom. The molecular formula is C16H24N2O3. The Hall–Kier alpha value is -1.78. The van der Waals surface area contributed by atoms with E-state index in [4.69, 9.17) is 9.47 Å². The van der Waals surface area contributed by atoms with Gasteiger partial charge in [-0.3, -0.25) is 0 Å². The van der Waals surface area contributed by atoms with Gasteiger partial charge in [0.2, 0.25) is 5.88 Å². The molecule has 1 fully saturated rings. The van der Waals surface area contributed by atoms with Crippen LogP contribution in [0.15, 0.2) is 12.3 Å². The van der Waals surface area contributed by atoms with Gasteiger partial charge in [0.25, 0.3) is 0 Å². The summed E-state index contributed by atoms with van der Waals surface area (Å²) in [5, 5.41) is 0. The highest BCUT2D eigenvalue weighted by atomic mass is 16.6. The smallest absolute Gasteiger partial charge is 0.410 e. The van der Waals surface area contributed by atoms with E-state index < -0.39 is 5.60 Å². The molecule has 5 heteroatoms. The first-order chi connectivity index (χ1) is 9.85. The maximum Gasteiger partial charge on any atom is 0.410 e. The zero-order valence-corrected chi connectivity index (χ0v) is 13.5. The third kappa shape index (κ3) is 3.46. The Morgan fingerprint density at radius 1 is 1.48 bits per heavy atom.